The third-order valence-electron chi connectivity index (χ3n) is 2.16. The second-order valence-electron chi connectivity index (χ2n) is 3.17. The largest absolute Gasteiger partial charge is 0.438 e. The van der Waals surface area contributed by atoms with E-state index in [4.69, 9.17) is 4.42 Å². The average Bonchev–Trinajstić information content (AvgIpc) is 2.64. The van der Waals surface area contributed by atoms with Crippen molar-refractivity contribution >= 4 is 30.3 Å². The van der Waals surface area contributed by atoms with Crippen LogP contribution in [-0.4, -0.2) is 6.21 Å². The summed E-state index contributed by atoms with van der Waals surface area (Å²) < 4.78 is 5.63. The van der Waals surface area contributed by atoms with Crippen LogP contribution in [0.2, 0.25) is 0 Å². The number of furan rings is 1. The van der Waals surface area contributed by atoms with Gasteiger partial charge >= 0.3 is 0 Å². The summed E-state index contributed by atoms with van der Waals surface area (Å²) in [6.45, 7) is 9.58. The SMILES string of the molecule is C=Cc1c(/N=C\C)oc(=C/C)/c1=C\C=C/C. The molecule has 2 nitrogen and oxygen atoms in total. The molecule has 0 saturated carbocycles. The zero-order valence-electron chi connectivity index (χ0n) is 10.0. The maximum Gasteiger partial charge on any atom is 0.226 e. The number of rotatable bonds is 3. The molecule has 0 radical (unpaired) electrons. The Morgan fingerprint density at radius 3 is 2.50 bits per heavy atom. The quantitative estimate of drug-likeness (QED) is 0.712. The summed E-state index contributed by atoms with van der Waals surface area (Å²) in [5.74, 6) is 0.612. The van der Waals surface area contributed by atoms with Crippen molar-refractivity contribution in [2.45, 2.75) is 20.8 Å². The van der Waals surface area contributed by atoms with Gasteiger partial charge in [0, 0.05) is 17.0 Å². The fourth-order valence-corrected chi connectivity index (χ4v) is 1.45. The van der Waals surface area contributed by atoms with Gasteiger partial charge in [-0.25, -0.2) is 4.99 Å². The van der Waals surface area contributed by atoms with Crippen LogP contribution in [0, 0.1) is 0 Å². The van der Waals surface area contributed by atoms with Crippen molar-refractivity contribution < 1.29 is 4.42 Å². The number of allylic oxidation sites excluding steroid dienone is 2. The van der Waals surface area contributed by atoms with Gasteiger partial charge in [0.2, 0.25) is 5.88 Å². The Morgan fingerprint density at radius 1 is 1.25 bits per heavy atom. The number of hydrogen-bond donors (Lipinski definition) is 0. The normalized spacial score (nSPS) is 14.4. The first-order valence-electron chi connectivity index (χ1n) is 5.31. The van der Waals surface area contributed by atoms with E-state index < -0.39 is 0 Å². The molecule has 0 aliphatic rings. The number of nitrogens with zero attached hydrogens (tertiary/aromatic N) is 1. The maximum absolute atomic E-state index is 5.63. The van der Waals surface area contributed by atoms with Crippen molar-refractivity contribution in [2.75, 3.05) is 0 Å². The van der Waals surface area contributed by atoms with Crippen LogP contribution < -0.4 is 10.6 Å². The van der Waals surface area contributed by atoms with E-state index in [-0.39, 0.29) is 0 Å². The molecule has 1 heterocycles. The summed E-state index contributed by atoms with van der Waals surface area (Å²) >= 11 is 0. The zero-order valence-corrected chi connectivity index (χ0v) is 10.0. The molecule has 84 valence electrons. The molecule has 0 aliphatic carbocycles. The Labute approximate surface area is 96.0 Å². The Morgan fingerprint density at radius 2 is 2.00 bits per heavy atom. The van der Waals surface area contributed by atoms with Gasteiger partial charge in [0.05, 0.1) is 0 Å². The van der Waals surface area contributed by atoms with Gasteiger partial charge < -0.3 is 4.42 Å². The molecule has 1 rings (SSSR count). The van der Waals surface area contributed by atoms with Crippen molar-refractivity contribution in [3.8, 4) is 0 Å². The first-order chi connectivity index (χ1) is 7.78. The molecule has 2 heteroatoms. The molecular formula is C14H17NO. The molecule has 1 aromatic rings. The van der Waals surface area contributed by atoms with Crippen LogP contribution in [0.3, 0.4) is 0 Å². The lowest BCUT2D eigenvalue weighted by molar-refractivity contribution is 0.541. The third-order valence-corrected chi connectivity index (χ3v) is 2.16. The van der Waals surface area contributed by atoms with E-state index in [2.05, 4.69) is 11.6 Å². The smallest absolute Gasteiger partial charge is 0.226 e. The molecule has 0 N–H and O–H groups in total. The van der Waals surface area contributed by atoms with Crippen molar-refractivity contribution in [1.82, 2.24) is 0 Å². The predicted octanol–water partition coefficient (Wildman–Crippen LogP) is 2.80. The molecule has 0 spiro atoms. The van der Waals surface area contributed by atoms with E-state index in [0.29, 0.717) is 5.88 Å². The van der Waals surface area contributed by atoms with Crippen LogP contribution in [-0.2, 0) is 0 Å². The van der Waals surface area contributed by atoms with Crippen LogP contribution in [0.25, 0.3) is 18.2 Å². The minimum atomic E-state index is 0.612. The first kappa shape index (κ1) is 12.2. The van der Waals surface area contributed by atoms with E-state index in [1.54, 1.807) is 12.3 Å². The van der Waals surface area contributed by atoms with E-state index >= 15 is 0 Å². The molecule has 0 fully saturated rings. The molecule has 16 heavy (non-hydrogen) atoms. The van der Waals surface area contributed by atoms with Gasteiger partial charge in [0.25, 0.3) is 0 Å². The Bertz CT molecular complexity index is 530. The summed E-state index contributed by atoms with van der Waals surface area (Å²) in [7, 11) is 0. The second kappa shape index (κ2) is 5.91. The summed E-state index contributed by atoms with van der Waals surface area (Å²) in [5.41, 5.74) is 1.76. The van der Waals surface area contributed by atoms with Crippen molar-refractivity contribution in [2.24, 2.45) is 4.99 Å². The Kier molecular flexibility index (Phi) is 4.52. The highest BCUT2D eigenvalue weighted by Crippen LogP contribution is 2.14. The van der Waals surface area contributed by atoms with Gasteiger partial charge in [-0.05, 0) is 26.8 Å². The summed E-state index contributed by atoms with van der Waals surface area (Å²) in [6, 6.07) is 0. The molecule has 0 aromatic carbocycles. The molecule has 0 atom stereocenters. The van der Waals surface area contributed by atoms with Crippen molar-refractivity contribution in [3.63, 3.8) is 0 Å². The fraction of sp³-hybridized carbons (Fsp3) is 0.214. The van der Waals surface area contributed by atoms with Crippen molar-refractivity contribution in [1.29, 1.82) is 0 Å². The standard InChI is InChI=1S/C14H17NO/c1-5-9-10-12-11(6-2)14(15-8-4)16-13(12)7-3/h5-10H,2H2,1,3-4H3/b9-5-,12-10-,13-7+,15-8-. The number of aliphatic imine (C=N–C) groups is 1. The molecule has 0 bridgehead atoms. The molecule has 0 saturated heterocycles. The van der Waals surface area contributed by atoms with E-state index in [1.165, 1.54) is 0 Å². The minimum absolute atomic E-state index is 0.612. The van der Waals surface area contributed by atoms with Gasteiger partial charge in [0.1, 0.15) is 5.42 Å². The van der Waals surface area contributed by atoms with E-state index in [0.717, 1.165) is 16.2 Å². The lowest BCUT2D eigenvalue weighted by Crippen LogP contribution is -2.20. The summed E-state index contributed by atoms with van der Waals surface area (Å²) in [6.07, 6.45) is 11.4. The summed E-state index contributed by atoms with van der Waals surface area (Å²) in [5, 5.41) is 1.02. The van der Waals surface area contributed by atoms with Crippen molar-refractivity contribution in [3.05, 3.63) is 34.9 Å². The van der Waals surface area contributed by atoms with Gasteiger partial charge in [-0.2, -0.15) is 0 Å². The monoisotopic (exact) mass is 215 g/mol. The highest BCUT2D eigenvalue weighted by molar-refractivity contribution is 5.67. The lowest BCUT2D eigenvalue weighted by atomic mass is 10.2. The highest BCUT2D eigenvalue weighted by atomic mass is 16.3. The Hall–Kier alpha value is -1.83. The van der Waals surface area contributed by atoms with Crippen LogP contribution in [0.15, 0.2) is 28.1 Å². The van der Waals surface area contributed by atoms with Crippen LogP contribution in [0.1, 0.15) is 26.3 Å². The van der Waals surface area contributed by atoms with Crippen LogP contribution >= 0.6 is 0 Å². The van der Waals surface area contributed by atoms with E-state index in [9.17, 15) is 0 Å². The predicted molar refractivity (Wildman–Crippen MR) is 71.3 cm³/mol. The molecule has 0 aliphatic heterocycles. The van der Waals surface area contributed by atoms with Gasteiger partial charge in [-0.15, -0.1) is 0 Å². The molecular weight excluding hydrogens is 198 g/mol. The molecule has 1 aromatic heterocycles. The highest BCUT2D eigenvalue weighted by Gasteiger charge is 2.05. The van der Waals surface area contributed by atoms with E-state index in [1.807, 2.05) is 45.1 Å². The fourth-order valence-electron chi connectivity index (χ4n) is 1.45. The average molecular weight is 215 g/mol. The van der Waals surface area contributed by atoms with Crippen LogP contribution in [0.5, 0.6) is 0 Å². The van der Waals surface area contributed by atoms with Crippen LogP contribution in [0.4, 0.5) is 5.88 Å². The second-order valence-corrected chi connectivity index (χ2v) is 3.17. The minimum Gasteiger partial charge on any atom is -0.438 e. The van der Waals surface area contributed by atoms with Gasteiger partial charge in [-0.1, -0.05) is 30.9 Å². The summed E-state index contributed by atoms with van der Waals surface area (Å²) in [4.78, 5) is 4.19. The lowest BCUT2D eigenvalue weighted by Gasteiger charge is -1.87. The van der Waals surface area contributed by atoms with Gasteiger partial charge in [-0.3, -0.25) is 0 Å². The maximum atomic E-state index is 5.63. The topological polar surface area (TPSA) is 25.5 Å². The van der Waals surface area contributed by atoms with Gasteiger partial charge in [0.15, 0.2) is 0 Å². The molecule has 0 unspecified atom stereocenters. The zero-order chi connectivity index (χ0) is 12.0. The first-order valence-corrected chi connectivity index (χ1v) is 5.31. The third kappa shape index (κ3) is 2.40. The number of hydrogen-bond acceptors (Lipinski definition) is 2. The molecule has 0 amide bonds. The Balaban J connectivity index is 3.63.